The van der Waals surface area contributed by atoms with Gasteiger partial charge in [0.2, 0.25) is 5.91 Å². The standard InChI is InChI=1S/C16H19ClN2O4/c1-10(13-3-2-6-22-13)18-15(20)8-19-12-7-11(17)4-5-14(12)23-9-16(19)21/h4-5,7,10,13H,2-3,6,8-9H2,1H3,(H,18,20). The van der Waals surface area contributed by atoms with Crippen LogP contribution in [0, 0.1) is 0 Å². The van der Waals surface area contributed by atoms with E-state index in [9.17, 15) is 9.59 Å². The number of amides is 2. The molecule has 1 aromatic rings. The minimum absolute atomic E-state index is 0.0427. The Balaban J connectivity index is 1.68. The highest BCUT2D eigenvalue weighted by Crippen LogP contribution is 2.34. The summed E-state index contributed by atoms with van der Waals surface area (Å²) in [7, 11) is 0. The Hall–Kier alpha value is -1.79. The normalized spacial score (nSPS) is 21.6. The first kappa shape index (κ1) is 16.1. The first-order chi connectivity index (χ1) is 11.0. The second kappa shape index (κ2) is 6.76. The highest BCUT2D eigenvalue weighted by molar-refractivity contribution is 6.31. The van der Waals surface area contributed by atoms with Crippen molar-refractivity contribution in [2.75, 3.05) is 24.7 Å². The highest BCUT2D eigenvalue weighted by Gasteiger charge is 2.29. The Morgan fingerprint density at radius 2 is 2.35 bits per heavy atom. The molecular weight excluding hydrogens is 320 g/mol. The van der Waals surface area contributed by atoms with Crippen LogP contribution in [0.2, 0.25) is 5.02 Å². The Morgan fingerprint density at radius 1 is 1.52 bits per heavy atom. The maximum Gasteiger partial charge on any atom is 0.265 e. The van der Waals surface area contributed by atoms with Crippen molar-refractivity contribution in [3.63, 3.8) is 0 Å². The fourth-order valence-electron chi connectivity index (χ4n) is 2.88. The molecule has 2 atom stereocenters. The minimum Gasteiger partial charge on any atom is -0.482 e. The van der Waals surface area contributed by atoms with E-state index >= 15 is 0 Å². The number of rotatable bonds is 4. The topological polar surface area (TPSA) is 67.9 Å². The summed E-state index contributed by atoms with van der Waals surface area (Å²) >= 11 is 5.99. The van der Waals surface area contributed by atoms with E-state index < -0.39 is 0 Å². The van der Waals surface area contributed by atoms with Gasteiger partial charge in [-0.05, 0) is 38.0 Å². The summed E-state index contributed by atoms with van der Waals surface area (Å²) in [4.78, 5) is 25.8. The first-order valence-electron chi connectivity index (χ1n) is 7.68. The van der Waals surface area contributed by atoms with E-state index in [-0.39, 0.29) is 37.1 Å². The molecule has 1 saturated heterocycles. The van der Waals surface area contributed by atoms with Crippen molar-refractivity contribution in [2.24, 2.45) is 0 Å². The molecule has 7 heteroatoms. The molecule has 0 saturated carbocycles. The van der Waals surface area contributed by atoms with E-state index in [1.54, 1.807) is 18.2 Å². The number of hydrogen-bond donors (Lipinski definition) is 1. The van der Waals surface area contributed by atoms with Gasteiger partial charge in [-0.2, -0.15) is 0 Å². The Kier molecular flexibility index (Phi) is 4.73. The van der Waals surface area contributed by atoms with Crippen LogP contribution in [-0.4, -0.2) is 43.7 Å². The molecule has 0 radical (unpaired) electrons. The lowest BCUT2D eigenvalue weighted by Gasteiger charge is -2.29. The second-order valence-electron chi connectivity index (χ2n) is 5.79. The van der Waals surface area contributed by atoms with Crippen LogP contribution in [0.15, 0.2) is 18.2 Å². The molecule has 1 aromatic carbocycles. The third-order valence-electron chi connectivity index (χ3n) is 4.08. The van der Waals surface area contributed by atoms with Gasteiger partial charge in [0, 0.05) is 11.6 Å². The Labute approximate surface area is 139 Å². The summed E-state index contributed by atoms with van der Waals surface area (Å²) in [5.74, 6) is 0.0582. The largest absolute Gasteiger partial charge is 0.482 e. The van der Waals surface area contributed by atoms with Gasteiger partial charge in [-0.3, -0.25) is 14.5 Å². The Morgan fingerprint density at radius 3 is 3.09 bits per heavy atom. The summed E-state index contributed by atoms with van der Waals surface area (Å²) < 4.78 is 10.9. The van der Waals surface area contributed by atoms with Crippen LogP contribution in [0.4, 0.5) is 5.69 Å². The van der Waals surface area contributed by atoms with Gasteiger partial charge in [-0.1, -0.05) is 11.6 Å². The predicted octanol–water partition coefficient (Wildman–Crippen LogP) is 1.75. The number of carbonyl (C=O) groups is 2. The zero-order chi connectivity index (χ0) is 16.4. The minimum atomic E-state index is -0.264. The van der Waals surface area contributed by atoms with Crippen molar-refractivity contribution in [1.82, 2.24) is 5.32 Å². The number of nitrogens with one attached hydrogen (secondary N) is 1. The maximum absolute atomic E-state index is 12.3. The molecule has 2 aliphatic rings. The van der Waals surface area contributed by atoms with Crippen LogP contribution in [0.1, 0.15) is 19.8 Å². The molecular formula is C16H19ClN2O4. The van der Waals surface area contributed by atoms with Crippen molar-refractivity contribution in [3.8, 4) is 5.75 Å². The van der Waals surface area contributed by atoms with Crippen molar-refractivity contribution in [2.45, 2.75) is 31.9 Å². The fourth-order valence-corrected chi connectivity index (χ4v) is 3.05. The number of fused-ring (bicyclic) bond motifs is 1. The SMILES string of the molecule is CC(NC(=O)CN1C(=O)COc2ccc(Cl)cc21)C1CCCO1. The lowest BCUT2D eigenvalue weighted by atomic mass is 10.1. The highest BCUT2D eigenvalue weighted by atomic mass is 35.5. The number of anilines is 1. The number of nitrogens with zero attached hydrogens (tertiary/aromatic N) is 1. The van der Waals surface area contributed by atoms with Crippen LogP contribution in [0.3, 0.4) is 0 Å². The van der Waals surface area contributed by atoms with E-state index in [0.29, 0.717) is 16.5 Å². The molecule has 2 heterocycles. The van der Waals surface area contributed by atoms with Crippen molar-refractivity contribution < 1.29 is 19.1 Å². The average Bonchev–Trinajstić information content (AvgIpc) is 3.05. The molecule has 0 aromatic heterocycles. The van der Waals surface area contributed by atoms with E-state index in [0.717, 1.165) is 19.4 Å². The summed E-state index contributed by atoms with van der Waals surface area (Å²) in [6.07, 6.45) is 2.00. The molecule has 0 spiro atoms. The summed E-state index contributed by atoms with van der Waals surface area (Å²) in [5, 5.41) is 3.39. The molecule has 2 aliphatic heterocycles. The zero-order valence-corrected chi connectivity index (χ0v) is 13.6. The predicted molar refractivity (Wildman–Crippen MR) is 85.9 cm³/mol. The Bertz CT molecular complexity index is 616. The summed E-state index contributed by atoms with van der Waals surface area (Å²) in [6, 6.07) is 4.93. The van der Waals surface area contributed by atoms with Crippen LogP contribution in [0.25, 0.3) is 0 Å². The molecule has 1 N–H and O–H groups in total. The second-order valence-corrected chi connectivity index (χ2v) is 6.22. The van der Waals surface area contributed by atoms with Gasteiger partial charge in [0.05, 0.1) is 17.8 Å². The van der Waals surface area contributed by atoms with Crippen molar-refractivity contribution in [3.05, 3.63) is 23.2 Å². The zero-order valence-electron chi connectivity index (χ0n) is 12.9. The van der Waals surface area contributed by atoms with Gasteiger partial charge >= 0.3 is 0 Å². The van der Waals surface area contributed by atoms with E-state index in [2.05, 4.69) is 5.32 Å². The molecule has 2 unspecified atom stereocenters. The summed E-state index contributed by atoms with van der Waals surface area (Å²) in [6.45, 7) is 2.51. The van der Waals surface area contributed by atoms with Crippen LogP contribution >= 0.6 is 11.6 Å². The number of hydrogen-bond acceptors (Lipinski definition) is 4. The van der Waals surface area contributed by atoms with Crippen molar-refractivity contribution in [1.29, 1.82) is 0 Å². The molecule has 23 heavy (non-hydrogen) atoms. The van der Waals surface area contributed by atoms with Crippen LogP contribution in [0.5, 0.6) is 5.75 Å². The lowest BCUT2D eigenvalue weighted by Crippen LogP contribution is -2.49. The van der Waals surface area contributed by atoms with Crippen LogP contribution in [-0.2, 0) is 14.3 Å². The smallest absolute Gasteiger partial charge is 0.265 e. The van der Waals surface area contributed by atoms with Crippen molar-refractivity contribution >= 4 is 29.1 Å². The van der Waals surface area contributed by atoms with E-state index in [1.165, 1.54) is 4.90 Å². The molecule has 2 amide bonds. The third kappa shape index (κ3) is 3.59. The molecule has 0 aliphatic carbocycles. The van der Waals surface area contributed by atoms with Gasteiger partial charge in [0.25, 0.3) is 5.91 Å². The monoisotopic (exact) mass is 338 g/mol. The number of halogens is 1. The fraction of sp³-hybridized carbons (Fsp3) is 0.500. The quantitative estimate of drug-likeness (QED) is 0.908. The lowest BCUT2D eigenvalue weighted by molar-refractivity contribution is -0.126. The van der Waals surface area contributed by atoms with Gasteiger partial charge in [-0.15, -0.1) is 0 Å². The number of ether oxygens (including phenoxy) is 2. The van der Waals surface area contributed by atoms with Gasteiger partial charge < -0.3 is 14.8 Å². The van der Waals surface area contributed by atoms with Crippen LogP contribution < -0.4 is 15.0 Å². The van der Waals surface area contributed by atoms with E-state index in [4.69, 9.17) is 21.1 Å². The number of carbonyl (C=O) groups excluding carboxylic acids is 2. The summed E-state index contributed by atoms with van der Waals surface area (Å²) in [5.41, 5.74) is 0.522. The third-order valence-corrected chi connectivity index (χ3v) is 4.31. The average molecular weight is 339 g/mol. The first-order valence-corrected chi connectivity index (χ1v) is 8.06. The number of benzene rings is 1. The molecule has 0 bridgehead atoms. The van der Waals surface area contributed by atoms with Gasteiger partial charge in [-0.25, -0.2) is 0 Å². The molecule has 3 rings (SSSR count). The maximum atomic E-state index is 12.3. The molecule has 1 fully saturated rings. The molecule has 6 nitrogen and oxygen atoms in total. The van der Waals surface area contributed by atoms with E-state index in [1.807, 2.05) is 6.92 Å². The van der Waals surface area contributed by atoms with Gasteiger partial charge in [0.1, 0.15) is 12.3 Å². The van der Waals surface area contributed by atoms with Gasteiger partial charge in [0.15, 0.2) is 6.61 Å². The molecule has 124 valence electrons.